The molecule has 28 heavy (non-hydrogen) atoms. The van der Waals surface area contributed by atoms with E-state index in [2.05, 4.69) is 10.6 Å². The summed E-state index contributed by atoms with van der Waals surface area (Å²) in [4.78, 5) is 35.9. The predicted octanol–water partition coefficient (Wildman–Crippen LogP) is 1.56. The third kappa shape index (κ3) is 7.36. The second-order valence-corrected chi connectivity index (χ2v) is 6.03. The van der Waals surface area contributed by atoms with E-state index in [9.17, 15) is 14.4 Å². The molecule has 2 aromatic carbocycles. The summed E-state index contributed by atoms with van der Waals surface area (Å²) in [5.74, 6) is -0.995. The highest BCUT2D eigenvalue weighted by Crippen LogP contribution is 2.19. The number of anilines is 2. The Kier molecular flexibility index (Phi) is 7.83. The van der Waals surface area contributed by atoms with Gasteiger partial charge in [-0.2, -0.15) is 0 Å². The molecule has 0 aliphatic heterocycles. The van der Waals surface area contributed by atoms with E-state index in [1.807, 2.05) is 42.5 Å². The van der Waals surface area contributed by atoms with Crippen LogP contribution < -0.4 is 15.4 Å². The van der Waals surface area contributed by atoms with Crippen molar-refractivity contribution in [2.45, 2.75) is 0 Å². The number of hydrogen-bond donors (Lipinski definition) is 2. The lowest BCUT2D eigenvalue weighted by molar-refractivity contribution is -0.150. The monoisotopic (exact) mass is 385 g/mol. The van der Waals surface area contributed by atoms with E-state index in [-0.39, 0.29) is 19.1 Å². The Morgan fingerprint density at radius 1 is 0.893 bits per heavy atom. The lowest BCUT2D eigenvalue weighted by Crippen LogP contribution is -2.38. The van der Waals surface area contributed by atoms with Crippen molar-refractivity contribution in [2.75, 3.05) is 39.2 Å². The van der Waals surface area contributed by atoms with Crippen molar-refractivity contribution >= 4 is 29.2 Å². The predicted molar refractivity (Wildman–Crippen MR) is 104 cm³/mol. The van der Waals surface area contributed by atoms with E-state index < -0.39 is 18.5 Å². The maximum atomic E-state index is 11.7. The van der Waals surface area contributed by atoms with Crippen LogP contribution in [0.15, 0.2) is 54.6 Å². The first-order valence-corrected chi connectivity index (χ1v) is 8.61. The topological polar surface area (TPSA) is 97.0 Å². The smallest absolute Gasteiger partial charge is 0.344 e. The zero-order valence-electron chi connectivity index (χ0n) is 15.8. The summed E-state index contributed by atoms with van der Waals surface area (Å²) in [6, 6.07) is 16.8. The lowest BCUT2D eigenvalue weighted by Gasteiger charge is -2.11. The minimum absolute atomic E-state index is 0.150. The number of para-hydroxylation sites is 1. The molecule has 2 N–H and O–H groups in total. The van der Waals surface area contributed by atoms with Crippen LogP contribution in [0, 0.1) is 0 Å². The molecular formula is C20H23N3O5. The van der Waals surface area contributed by atoms with Gasteiger partial charge in [0.1, 0.15) is 5.75 Å². The number of nitrogens with zero attached hydrogens (tertiary/aromatic N) is 1. The van der Waals surface area contributed by atoms with Crippen molar-refractivity contribution in [2.24, 2.45) is 0 Å². The Morgan fingerprint density at radius 3 is 2.18 bits per heavy atom. The van der Waals surface area contributed by atoms with Gasteiger partial charge < -0.3 is 25.0 Å². The summed E-state index contributed by atoms with van der Waals surface area (Å²) in [6.07, 6.45) is 0. The molecule has 0 spiro atoms. The average Bonchev–Trinajstić information content (AvgIpc) is 2.70. The maximum Gasteiger partial charge on any atom is 0.344 e. The molecule has 0 saturated heterocycles. The van der Waals surface area contributed by atoms with Gasteiger partial charge in [0.15, 0.2) is 13.2 Å². The van der Waals surface area contributed by atoms with Crippen molar-refractivity contribution in [1.82, 2.24) is 10.2 Å². The van der Waals surface area contributed by atoms with Crippen LogP contribution in [-0.2, 0) is 19.1 Å². The fraction of sp³-hybridized carbons (Fsp3) is 0.250. The second-order valence-electron chi connectivity index (χ2n) is 6.03. The van der Waals surface area contributed by atoms with Crippen LogP contribution in [0.3, 0.4) is 0 Å². The molecule has 8 heteroatoms. The fourth-order valence-electron chi connectivity index (χ4n) is 2.04. The minimum atomic E-state index is -0.680. The first-order chi connectivity index (χ1) is 13.4. The van der Waals surface area contributed by atoms with Gasteiger partial charge in [-0.15, -0.1) is 0 Å². The van der Waals surface area contributed by atoms with Crippen LogP contribution in [0.5, 0.6) is 5.75 Å². The number of carbonyl (C=O) groups excluding carboxylic acids is 3. The SMILES string of the molecule is CN(C)C(=O)CNC(=O)COC(=O)COc1ccc(Nc2ccccc2)cc1. The number of carbonyl (C=O) groups is 3. The van der Waals surface area contributed by atoms with E-state index in [1.54, 1.807) is 26.2 Å². The first-order valence-electron chi connectivity index (χ1n) is 8.61. The van der Waals surface area contributed by atoms with Gasteiger partial charge in [-0.05, 0) is 36.4 Å². The molecule has 0 atom stereocenters. The van der Waals surface area contributed by atoms with E-state index in [4.69, 9.17) is 9.47 Å². The van der Waals surface area contributed by atoms with Crippen LogP contribution in [0.25, 0.3) is 0 Å². The van der Waals surface area contributed by atoms with E-state index in [0.29, 0.717) is 5.75 Å². The van der Waals surface area contributed by atoms with Gasteiger partial charge in [0.2, 0.25) is 5.91 Å². The summed E-state index contributed by atoms with van der Waals surface area (Å²) in [6.45, 7) is -0.943. The molecule has 0 fully saturated rings. The molecule has 0 unspecified atom stereocenters. The number of ether oxygens (including phenoxy) is 2. The fourth-order valence-corrected chi connectivity index (χ4v) is 2.04. The van der Waals surface area contributed by atoms with Crippen molar-refractivity contribution in [3.63, 3.8) is 0 Å². The highest BCUT2D eigenvalue weighted by molar-refractivity contribution is 5.86. The van der Waals surface area contributed by atoms with Crippen LogP contribution in [0.2, 0.25) is 0 Å². The van der Waals surface area contributed by atoms with Crippen molar-refractivity contribution in [3.8, 4) is 5.75 Å². The maximum absolute atomic E-state index is 11.7. The van der Waals surface area contributed by atoms with Gasteiger partial charge in [-0.25, -0.2) is 4.79 Å². The largest absolute Gasteiger partial charge is 0.482 e. The van der Waals surface area contributed by atoms with Crippen molar-refractivity contribution in [1.29, 1.82) is 0 Å². The molecule has 0 aliphatic rings. The molecule has 0 aliphatic carbocycles. The van der Waals surface area contributed by atoms with Crippen LogP contribution in [-0.4, -0.2) is 56.5 Å². The average molecular weight is 385 g/mol. The third-order valence-electron chi connectivity index (χ3n) is 3.57. The number of amides is 2. The zero-order chi connectivity index (χ0) is 20.4. The van der Waals surface area contributed by atoms with Crippen LogP contribution in [0.1, 0.15) is 0 Å². The molecule has 8 nitrogen and oxygen atoms in total. The molecule has 2 aromatic rings. The highest BCUT2D eigenvalue weighted by Gasteiger charge is 2.10. The Morgan fingerprint density at radius 2 is 1.54 bits per heavy atom. The number of hydrogen-bond acceptors (Lipinski definition) is 6. The summed E-state index contributed by atoms with van der Waals surface area (Å²) in [7, 11) is 3.16. The van der Waals surface area contributed by atoms with Gasteiger partial charge >= 0.3 is 5.97 Å². The van der Waals surface area contributed by atoms with Gasteiger partial charge in [0, 0.05) is 25.5 Å². The zero-order valence-corrected chi connectivity index (χ0v) is 15.8. The number of esters is 1. The normalized spacial score (nSPS) is 9.93. The quantitative estimate of drug-likeness (QED) is 0.636. The van der Waals surface area contributed by atoms with E-state index in [0.717, 1.165) is 11.4 Å². The molecule has 0 radical (unpaired) electrons. The van der Waals surface area contributed by atoms with E-state index in [1.165, 1.54) is 4.90 Å². The minimum Gasteiger partial charge on any atom is -0.482 e. The molecular weight excluding hydrogens is 362 g/mol. The highest BCUT2D eigenvalue weighted by atomic mass is 16.6. The molecule has 0 saturated carbocycles. The molecule has 2 rings (SSSR count). The molecule has 148 valence electrons. The Bertz CT molecular complexity index is 791. The number of rotatable bonds is 9. The van der Waals surface area contributed by atoms with Gasteiger partial charge in [0.05, 0.1) is 6.54 Å². The number of benzene rings is 2. The second kappa shape index (κ2) is 10.6. The molecule has 0 bridgehead atoms. The van der Waals surface area contributed by atoms with Gasteiger partial charge in [-0.3, -0.25) is 9.59 Å². The Hall–Kier alpha value is -3.55. The van der Waals surface area contributed by atoms with Crippen LogP contribution in [0.4, 0.5) is 11.4 Å². The molecule has 0 aromatic heterocycles. The first kappa shape index (κ1) is 20.8. The van der Waals surface area contributed by atoms with Gasteiger partial charge in [0.25, 0.3) is 5.91 Å². The number of likely N-dealkylation sites (N-methyl/N-ethyl adjacent to an activating group) is 1. The summed E-state index contributed by atoms with van der Waals surface area (Å²) in [5.41, 5.74) is 1.84. The summed E-state index contributed by atoms with van der Waals surface area (Å²) >= 11 is 0. The van der Waals surface area contributed by atoms with Crippen molar-refractivity contribution < 1.29 is 23.9 Å². The Balaban J connectivity index is 1.68. The number of nitrogens with one attached hydrogen (secondary N) is 2. The van der Waals surface area contributed by atoms with Gasteiger partial charge in [-0.1, -0.05) is 18.2 Å². The summed E-state index contributed by atoms with van der Waals surface area (Å²) < 4.78 is 10.1. The third-order valence-corrected chi connectivity index (χ3v) is 3.57. The van der Waals surface area contributed by atoms with E-state index >= 15 is 0 Å². The lowest BCUT2D eigenvalue weighted by atomic mass is 10.2. The molecule has 0 heterocycles. The van der Waals surface area contributed by atoms with Crippen molar-refractivity contribution in [3.05, 3.63) is 54.6 Å². The summed E-state index contributed by atoms with van der Waals surface area (Å²) in [5, 5.41) is 5.60. The Labute approximate surface area is 163 Å². The standard InChI is InChI=1S/C20H23N3O5/c1-23(2)19(25)12-21-18(24)13-28-20(26)14-27-17-10-8-16(9-11-17)22-15-6-4-3-5-7-15/h3-11,22H,12-14H2,1-2H3,(H,21,24). The van der Waals surface area contributed by atoms with Crippen LogP contribution >= 0.6 is 0 Å². The molecule has 2 amide bonds.